The van der Waals surface area contributed by atoms with E-state index in [1.807, 2.05) is 11.9 Å². The third-order valence-electron chi connectivity index (χ3n) is 2.63. The van der Waals surface area contributed by atoms with Crippen LogP contribution in [0.1, 0.15) is 6.42 Å². The van der Waals surface area contributed by atoms with Crippen LogP contribution in [0.5, 0.6) is 0 Å². The SMILES string of the molecule is C=CCNC(=O)NCCCN(C)c1ccccc1F. The number of amides is 2. The third-order valence-corrected chi connectivity index (χ3v) is 2.63. The Morgan fingerprint density at radius 3 is 2.84 bits per heavy atom. The number of anilines is 1. The first-order valence-electron chi connectivity index (χ1n) is 6.23. The predicted octanol–water partition coefficient (Wildman–Crippen LogP) is 2.14. The van der Waals surface area contributed by atoms with Gasteiger partial charge in [-0.2, -0.15) is 0 Å². The molecule has 0 aliphatic rings. The van der Waals surface area contributed by atoms with E-state index in [4.69, 9.17) is 0 Å². The van der Waals surface area contributed by atoms with E-state index in [9.17, 15) is 9.18 Å². The number of carbonyl (C=O) groups is 1. The van der Waals surface area contributed by atoms with Gasteiger partial charge in [-0.3, -0.25) is 0 Å². The number of hydrogen-bond acceptors (Lipinski definition) is 2. The lowest BCUT2D eigenvalue weighted by atomic mass is 10.2. The summed E-state index contributed by atoms with van der Waals surface area (Å²) >= 11 is 0. The van der Waals surface area contributed by atoms with Crippen molar-refractivity contribution in [3.63, 3.8) is 0 Å². The molecule has 1 aromatic carbocycles. The lowest BCUT2D eigenvalue weighted by molar-refractivity contribution is 0.242. The van der Waals surface area contributed by atoms with Crippen LogP contribution in [0.3, 0.4) is 0 Å². The zero-order valence-corrected chi connectivity index (χ0v) is 11.2. The minimum atomic E-state index is -0.235. The van der Waals surface area contributed by atoms with E-state index in [0.717, 1.165) is 6.42 Å². The lowest BCUT2D eigenvalue weighted by Crippen LogP contribution is -2.37. The average molecular weight is 265 g/mol. The zero-order valence-electron chi connectivity index (χ0n) is 11.2. The molecule has 0 bridgehead atoms. The van der Waals surface area contributed by atoms with Gasteiger partial charge in [-0.1, -0.05) is 18.2 Å². The smallest absolute Gasteiger partial charge is 0.315 e. The highest BCUT2D eigenvalue weighted by molar-refractivity contribution is 5.73. The molecule has 0 heterocycles. The van der Waals surface area contributed by atoms with Crippen molar-refractivity contribution in [2.45, 2.75) is 6.42 Å². The molecule has 2 amide bonds. The molecular formula is C14H20FN3O. The number of rotatable bonds is 7. The maximum atomic E-state index is 13.5. The molecule has 1 aromatic rings. The van der Waals surface area contributed by atoms with Crippen molar-refractivity contribution in [1.82, 2.24) is 10.6 Å². The highest BCUT2D eigenvalue weighted by Crippen LogP contribution is 2.16. The summed E-state index contributed by atoms with van der Waals surface area (Å²) in [6.45, 7) is 5.17. The van der Waals surface area contributed by atoms with E-state index in [0.29, 0.717) is 25.3 Å². The number of nitrogens with one attached hydrogen (secondary N) is 2. The second-order valence-electron chi connectivity index (χ2n) is 4.15. The molecule has 0 saturated heterocycles. The van der Waals surface area contributed by atoms with Gasteiger partial charge in [-0.05, 0) is 18.6 Å². The minimum absolute atomic E-state index is 0.214. The normalized spacial score (nSPS) is 9.79. The zero-order chi connectivity index (χ0) is 14.1. The summed E-state index contributed by atoms with van der Waals surface area (Å²) in [5.41, 5.74) is 0.568. The van der Waals surface area contributed by atoms with Crippen molar-refractivity contribution in [2.75, 3.05) is 31.6 Å². The van der Waals surface area contributed by atoms with Gasteiger partial charge in [0.15, 0.2) is 0 Å². The summed E-state index contributed by atoms with van der Waals surface area (Å²) in [7, 11) is 1.83. The fourth-order valence-corrected chi connectivity index (χ4v) is 1.63. The Labute approximate surface area is 113 Å². The van der Waals surface area contributed by atoms with E-state index in [-0.39, 0.29) is 11.8 Å². The summed E-state index contributed by atoms with van der Waals surface area (Å²) < 4.78 is 13.5. The molecule has 0 aliphatic carbocycles. The molecular weight excluding hydrogens is 245 g/mol. The highest BCUT2D eigenvalue weighted by atomic mass is 19.1. The van der Waals surface area contributed by atoms with E-state index in [1.165, 1.54) is 6.07 Å². The molecule has 104 valence electrons. The first-order valence-corrected chi connectivity index (χ1v) is 6.23. The van der Waals surface area contributed by atoms with Gasteiger partial charge in [0, 0.05) is 26.7 Å². The predicted molar refractivity (Wildman–Crippen MR) is 75.9 cm³/mol. The van der Waals surface area contributed by atoms with Crippen LogP contribution in [-0.4, -0.2) is 32.7 Å². The van der Waals surface area contributed by atoms with Gasteiger partial charge in [0.1, 0.15) is 5.82 Å². The van der Waals surface area contributed by atoms with Gasteiger partial charge < -0.3 is 15.5 Å². The second kappa shape index (κ2) is 8.13. The number of benzene rings is 1. The van der Waals surface area contributed by atoms with Crippen molar-refractivity contribution in [2.24, 2.45) is 0 Å². The monoisotopic (exact) mass is 265 g/mol. The van der Waals surface area contributed by atoms with Crippen LogP contribution in [0.15, 0.2) is 36.9 Å². The Balaban J connectivity index is 2.24. The van der Waals surface area contributed by atoms with Crippen LogP contribution in [0.25, 0.3) is 0 Å². The van der Waals surface area contributed by atoms with Crippen LogP contribution in [0, 0.1) is 5.82 Å². The molecule has 0 aliphatic heterocycles. The molecule has 0 radical (unpaired) electrons. The first-order chi connectivity index (χ1) is 9.15. The molecule has 0 saturated carbocycles. The number of nitrogens with zero attached hydrogens (tertiary/aromatic N) is 1. The van der Waals surface area contributed by atoms with Crippen LogP contribution in [-0.2, 0) is 0 Å². The lowest BCUT2D eigenvalue weighted by Gasteiger charge is -2.19. The van der Waals surface area contributed by atoms with E-state index in [2.05, 4.69) is 17.2 Å². The molecule has 0 fully saturated rings. The molecule has 0 unspecified atom stereocenters. The minimum Gasteiger partial charge on any atom is -0.372 e. The summed E-state index contributed by atoms with van der Waals surface area (Å²) in [5, 5.41) is 5.34. The van der Waals surface area contributed by atoms with Crippen LogP contribution < -0.4 is 15.5 Å². The Morgan fingerprint density at radius 1 is 1.42 bits per heavy atom. The Morgan fingerprint density at radius 2 is 2.16 bits per heavy atom. The van der Waals surface area contributed by atoms with E-state index in [1.54, 1.807) is 24.3 Å². The van der Waals surface area contributed by atoms with Gasteiger partial charge in [0.25, 0.3) is 0 Å². The Hall–Kier alpha value is -2.04. The first kappa shape index (κ1) is 15.0. The molecule has 2 N–H and O–H groups in total. The van der Waals surface area contributed by atoms with Gasteiger partial charge in [-0.25, -0.2) is 9.18 Å². The average Bonchev–Trinajstić information content (AvgIpc) is 2.41. The number of hydrogen-bond donors (Lipinski definition) is 2. The molecule has 0 spiro atoms. The summed E-state index contributed by atoms with van der Waals surface area (Å²) in [4.78, 5) is 13.1. The molecule has 19 heavy (non-hydrogen) atoms. The van der Waals surface area contributed by atoms with Crippen molar-refractivity contribution in [3.05, 3.63) is 42.7 Å². The highest BCUT2D eigenvalue weighted by Gasteiger charge is 2.06. The van der Waals surface area contributed by atoms with E-state index < -0.39 is 0 Å². The van der Waals surface area contributed by atoms with Crippen molar-refractivity contribution >= 4 is 11.7 Å². The van der Waals surface area contributed by atoms with Gasteiger partial charge in [0.05, 0.1) is 5.69 Å². The van der Waals surface area contributed by atoms with Crippen molar-refractivity contribution < 1.29 is 9.18 Å². The summed E-state index contributed by atoms with van der Waals surface area (Å²) in [6.07, 6.45) is 2.36. The number of urea groups is 1. The van der Waals surface area contributed by atoms with Crippen LogP contribution in [0.2, 0.25) is 0 Å². The number of carbonyl (C=O) groups excluding carboxylic acids is 1. The maximum Gasteiger partial charge on any atom is 0.315 e. The van der Waals surface area contributed by atoms with Crippen LogP contribution in [0.4, 0.5) is 14.9 Å². The van der Waals surface area contributed by atoms with Crippen LogP contribution >= 0.6 is 0 Å². The molecule has 5 heteroatoms. The second-order valence-corrected chi connectivity index (χ2v) is 4.15. The molecule has 4 nitrogen and oxygen atoms in total. The fraction of sp³-hybridized carbons (Fsp3) is 0.357. The summed E-state index contributed by atoms with van der Waals surface area (Å²) in [5.74, 6) is -0.235. The fourth-order valence-electron chi connectivity index (χ4n) is 1.63. The van der Waals surface area contributed by atoms with Gasteiger partial charge in [-0.15, -0.1) is 6.58 Å². The largest absolute Gasteiger partial charge is 0.372 e. The summed E-state index contributed by atoms with van der Waals surface area (Å²) in [6, 6.07) is 6.42. The van der Waals surface area contributed by atoms with Gasteiger partial charge >= 0.3 is 6.03 Å². The topological polar surface area (TPSA) is 44.4 Å². The maximum absolute atomic E-state index is 13.5. The number of halogens is 1. The molecule has 1 rings (SSSR count). The van der Waals surface area contributed by atoms with Crippen molar-refractivity contribution in [1.29, 1.82) is 0 Å². The quantitative estimate of drug-likeness (QED) is 0.586. The Kier molecular flexibility index (Phi) is 6.43. The number of para-hydroxylation sites is 1. The molecule has 0 aromatic heterocycles. The van der Waals surface area contributed by atoms with E-state index >= 15 is 0 Å². The van der Waals surface area contributed by atoms with Crippen molar-refractivity contribution in [3.8, 4) is 0 Å². The Bertz CT molecular complexity index is 423. The molecule has 0 atom stereocenters. The standard InChI is InChI=1S/C14H20FN3O/c1-3-9-16-14(19)17-10-6-11-18(2)13-8-5-4-7-12(13)15/h3-5,7-8H,1,6,9-11H2,2H3,(H2,16,17,19). The van der Waals surface area contributed by atoms with Gasteiger partial charge in [0.2, 0.25) is 0 Å². The third kappa shape index (κ3) is 5.42.